The Morgan fingerprint density at radius 1 is 1.47 bits per heavy atom. The Kier molecular flexibility index (Phi) is 4.62. The quantitative estimate of drug-likeness (QED) is 0.548. The second-order valence-electron chi connectivity index (χ2n) is 3.13. The van der Waals surface area contributed by atoms with E-state index in [0.29, 0.717) is 13.3 Å². The zero-order chi connectivity index (χ0) is 12.1. The van der Waals surface area contributed by atoms with Crippen LogP contribution in [0.25, 0.3) is 0 Å². The van der Waals surface area contributed by atoms with Crippen LogP contribution >= 0.6 is 0 Å². The maximum absolute atomic E-state index is 12.2. The van der Waals surface area contributed by atoms with E-state index in [1.807, 2.05) is 0 Å². The lowest BCUT2D eigenvalue weighted by molar-refractivity contribution is -0.187. The van der Waals surface area contributed by atoms with Crippen LogP contribution < -0.4 is 11.1 Å². The summed E-state index contributed by atoms with van der Waals surface area (Å²) in [6.07, 6.45) is -4.45. The molecule has 0 heterocycles. The molecule has 1 atom stereocenters. The van der Waals surface area contributed by atoms with Crippen LogP contribution in [0, 0.1) is 11.8 Å². The van der Waals surface area contributed by atoms with Crippen molar-refractivity contribution in [3.8, 4) is 11.8 Å². The van der Waals surface area contributed by atoms with E-state index in [9.17, 15) is 18.0 Å². The fourth-order valence-corrected chi connectivity index (χ4v) is 0.676. The van der Waals surface area contributed by atoms with Crippen molar-refractivity contribution in [1.29, 1.82) is 0 Å². The van der Waals surface area contributed by atoms with Crippen molar-refractivity contribution >= 4 is 5.91 Å². The Morgan fingerprint density at radius 3 is 2.40 bits per heavy atom. The van der Waals surface area contributed by atoms with Crippen LogP contribution in [0.1, 0.15) is 20.3 Å². The number of nitrogens with two attached hydrogens (primary N) is 1. The number of hydrogen-bond acceptors (Lipinski definition) is 2. The van der Waals surface area contributed by atoms with Gasteiger partial charge in [-0.15, -0.1) is 11.8 Å². The van der Waals surface area contributed by atoms with Gasteiger partial charge >= 0.3 is 6.18 Å². The molecule has 0 bridgehead atoms. The summed E-state index contributed by atoms with van der Waals surface area (Å²) in [7, 11) is 0. The van der Waals surface area contributed by atoms with Crippen LogP contribution in [0.15, 0.2) is 0 Å². The van der Waals surface area contributed by atoms with Gasteiger partial charge < -0.3 is 11.1 Å². The van der Waals surface area contributed by atoms with Gasteiger partial charge in [-0.05, 0) is 13.8 Å². The minimum Gasteiger partial charge on any atom is -0.353 e. The number of carbonyl (C=O) groups is 1. The third kappa shape index (κ3) is 3.80. The van der Waals surface area contributed by atoms with Crippen molar-refractivity contribution in [2.75, 3.05) is 6.54 Å². The molecule has 0 aliphatic rings. The second-order valence-corrected chi connectivity index (χ2v) is 3.13. The van der Waals surface area contributed by atoms with E-state index in [0.717, 1.165) is 0 Å². The molecule has 0 spiro atoms. The van der Waals surface area contributed by atoms with Gasteiger partial charge in [0, 0.05) is 13.0 Å². The first kappa shape index (κ1) is 13.8. The molecule has 0 fully saturated rings. The highest BCUT2D eigenvalue weighted by Crippen LogP contribution is 2.27. The molecule has 0 rings (SSSR count). The molecule has 0 saturated carbocycles. The topological polar surface area (TPSA) is 55.1 Å². The molecule has 0 aromatic rings. The van der Waals surface area contributed by atoms with Crippen LogP contribution in [0.4, 0.5) is 13.2 Å². The molecule has 6 heteroatoms. The predicted octanol–water partition coefficient (Wildman–Crippen LogP) is 0.796. The summed E-state index contributed by atoms with van der Waals surface area (Å²) in [4.78, 5) is 11.1. The Balaban J connectivity index is 4.25. The van der Waals surface area contributed by atoms with Gasteiger partial charge in [0.15, 0.2) is 5.54 Å². The van der Waals surface area contributed by atoms with Gasteiger partial charge in [-0.25, -0.2) is 0 Å². The molecule has 0 aromatic carbocycles. The second kappa shape index (κ2) is 5.03. The van der Waals surface area contributed by atoms with E-state index in [-0.39, 0.29) is 6.54 Å². The molecular weight excluding hydrogens is 209 g/mol. The molecular formula is C9H13F3N2O. The number of hydrogen-bond donors (Lipinski definition) is 2. The van der Waals surface area contributed by atoms with Gasteiger partial charge in [0.1, 0.15) is 0 Å². The summed E-state index contributed by atoms with van der Waals surface area (Å²) in [6, 6.07) is 0. The lowest BCUT2D eigenvalue weighted by Crippen LogP contribution is -2.61. The zero-order valence-corrected chi connectivity index (χ0v) is 8.53. The minimum atomic E-state index is -4.76. The van der Waals surface area contributed by atoms with Crippen molar-refractivity contribution in [3.05, 3.63) is 0 Å². The molecule has 1 unspecified atom stereocenters. The van der Waals surface area contributed by atoms with Crippen molar-refractivity contribution in [3.63, 3.8) is 0 Å². The number of halogens is 3. The average Bonchev–Trinajstić information content (AvgIpc) is 2.10. The van der Waals surface area contributed by atoms with E-state index >= 15 is 0 Å². The van der Waals surface area contributed by atoms with E-state index in [2.05, 4.69) is 17.2 Å². The summed E-state index contributed by atoms with van der Waals surface area (Å²) in [6.45, 7) is 2.29. The van der Waals surface area contributed by atoms with Crippen molar-refractivity contribution in [1.82, 2.24) is 5.32 Å². The smallest absolute Gasteiger partial charge is 0.353 e. The third-order valence-corrected chi connectivity index (χ3v) is 1.77. The van der Waals surface area contributed by atoms with Crippen LogP contribution in [-0.4, -0.2) is 24.2 Å². The normalized spacial score (nSPS) is 14.8. The number of amides is 1. The zero-order valence-electron chi connectivity index (χ0n) is 8.53. The van der Waals surface area contributed by atoms with Gasteiger partial charge in [-0.2, -0.15) is 13.2 Å². The maximum atomic E-state index is 12.2. The molecule has 0 saturated heterocycles. The van der Waals surface area contributed by atoms with E-state index in [1.54, 1.807) is 6.92 Å². The van der Waals surface area contributed by atoms with Gasteiger partial charge in [0.05, 0.1) is 0 Å². The standard InChI is InChI=1S/C9H13F3N2O/c1-3-4-5-6-14-7(15)8(2,13)9(10,11)12/h5-6,13H2,1-2H3,(H,14,15). The molecule has 3 N–H and O–H groups in total. The van der Waals surface area contributed by atoms with E-state index < -0.39 is 17.6 Å². The van der Waals surface area contributed by atoms with Crippen molar-refractivity contribution < 1.29 is 18.0 Å². The number of alkyl halides is 3. The van der Waals surface area contributed by atoms with Gasteiger partial charge in [-0.3, -0.25) is 4.79 Å². The SMILES string of the molecule is CC#CCCNC(=O)C(C)(N)C(F)(F)F. The van der Waals surface area contributed by atoms with Gasteiger partial charge in [0.25, 0.3) is 0 Å². The molecule has 3 nitrogen and oxygen atoms in total. The highest BCUT2D eigenvalue weighted by atomic mass is 19.4. The Morgan fingerprint density at radius 2 is 2.00 bits per heavy atom. The van der Waals surface area contributed by atoms with Crippen molar-refractivity contribution in [2.24, 2.45) is 5.73 Å². The highest BCUT2D eigenvalue weighted by Gasteiger charge is 2.53. The van der Waals surface area contributed by atoms with Crippen LogP contribution in [0.3, 0.4) is 0 Å². The highest BCUT2D eigenvalue weighted by molar-refractivity contribution is 5.86. The molecule has 0 aromatic heterocycles. The Bertz CT molecular complexity index is 286. The number of nitrogens with one attached hydrogen (secondary N) is 1. The predicted molar refractivity (Wildman–Crippen MR) is 49.7 cm³/mol. The first-order valence-electron chi connectivity index (χ1n) is 4.27. The fourth-order valence-electron chi connectivity index (χ4n) is 0.676. The largest absolute Gasteiger partial charge is 0.415 e. The molecule has 0 radical (unpaired) electrons. The Labute approximate surface area is 86.2 Å². The Hall–Kier alpha value is -1.22. The first-order chi connectivity index (χ1) is 6.73. The summed E-state index contributed by atoms with van der Waals surface area (Å²) < 4.78 is 36.7. The van der Waals surface area contributed by atoms with E-state index in [1.165, 1.54) is 0 Å². The van der Waals surface area contributed by atoms with Crippen LogP contribution in [-0.2, 0) is 4.79 Å². The summed E-state index contributed by atoms with van der Waals surface area (Å²) >= 11 is 0. The molecule has 0 aliphatic heterocycles. The number of rotatable bonds is 3. The summed E-state index contributed by atoms with van der Waals surface area (Å²) in [5.41, 5.74) is 2.02. The van der Waals surface area contributed by atoms with E-state index in [4.69, 9.17) is 5.73 Å². The minimum absolute atomic E-state index is 0.0581. The summed E-state index contributed by atoms with van der Waals surface area (Å²) in [5.74, 6) is 3.92. The van der Waals surface area contributed by atoms with Gasteiger partial charge in [-0.1, -0.05) is 0 Å². The average molecular weight is 222 g/mol. The fraction of sp³-hybridized carbons (Fsp3) is 0.667. The molecule has 15 heavy (non-hydrogen) atoms. The molecule has 86 valence electrons. The summed E-state index contributed by atoms with van der Waals surface area (Å²) in [5, 5.41) is 2.08. The van der Waals surface area contributed by atoms with Crippen molar-refractivity contribution in [2.45, 2.75) is 32.0 Å². The maximum Gasteiger partial charge on any atom is 0.415 e. The van der Waals surface area contributed by atoms with Gasteiger partial charge in [0.2, 0.25) is 5.91 Å². The monoisotopic (exact) mass is 222 g/mol. The number of carbonyl (C=O) groups excluding carboxylic acids is 1. The van der Waals surface area contributed by atoms with Crippen LogP contribution in [0.2, 0.25) is 0 Å². The third-order valence-electron chi connectivity index (χ3n) is 1.77. The van der Waals surface area contributed by atoms with Crippen LogP contribution in [0.5, 0.6) is 0 Å². The lowest BCUT2D eigenvalue weighted by Gasteiger charge is -2.25. The molecule has 0 aliphatic carbocycles. The first-order valence-corrected chi connectivity index (χ1v) is 4.27. The lowest BCUT2D eigenvalue weighted by atomic mass is 10.0. The molecule has 1 amide bonds.